The van der Waals surface area contributed by atoms with Gasteiger partial charge in [-0.25, -0.2) is 4.39 Å². The molecule has 0 amide bonds. The molecule has 2 aromatic rings. The van der Waals surface area contributed by atoms with Crippen molar-refractivity contribution in [2.75, 3.05) is 13.6 Å². The summed E-state index contributed by atoms with van der Waals surface area (Å²) in [6.45, 7) is 0.762. The number of nitrogens with zero attached hydrogens (tertiary/aromatic N) is 3. The van der Waals surface area contributed by atoms with Gasteiger partial charge in [0.1, 0.15) is 15.8 Å². The number of benzene rings is 1. The highest BCUT2D eigenvalue weighted by Crippen LogP contribution is 2.28. The van der Waals surface area contributed by atoms with Crippen LogP contribution in [0.1, 0.15) is 5.01 Å². The van der Waals surface area contributed by atoms with Gasteiger partial charge in [-0.1, -0.05) is 11.3 Å². The van der Waals surface area contributed by atoms with E-state index in [2.05, 4.69) is 15.5 Å². The molecule has 0 unspecified atom stereocenters. The van der Waals surface area contributed by atoms with Crippen LogP contribution < -0.4 is 5.32 Å². The third-order valence-electron chi connectivity index (χ3n) is 2.40. The molecule has 8 heteroatoms. The Labute approximate surface area is 112 Å². The van der Waals surface area contributed by atoms with Gasteiger partial charge in [0.15, 0.2) is 0 Å². The van der Waals surface area contributed by atoms with Gasteiger partial charge in [0.05, 0.1) is 11.0 Å². The van der Waals surface area contributed by atoms with Crippen LogP contribution >= 0.6 is 11.3 Å². The Kier molecular flexibility index (Phi) is 4.13. The maximum Gasteiger partial charge on any atom is 0.273 e. The van der Waals surface area contributed by atoms with Crippen LogP contribution in [0.3, 0.4) is 0 Å². The summed E-state index contributed by atoms with van der Waals surface area (Å²) in [7, 11) is 1.83. The molecule has 0 atom stereocenters. The van der Waals surface area contributed by atoms with Crippen LogP contribution in [-0.4, -0.2) is 28.7 Å². The number of hydrogen-bond donors (Lipinski definition) is 1. The minimum Gasteiger partial charge on any atom is -0.319 e. The maximum absolute atomic E-state index is 13.3. The fourth-order valence-electron chi connectivity index (χ4n) is 1.51. The summed E-state index contributed by atoms with van der Waals surface area (Å²) in [5.41, 5.74) is 0.0851. The first-order valence-corrected chi connectivity index (χ1v) is 6.34. The Morgan fingerprint density at radius 2 is 2.21 bits per heavy atom. The number of nitrogens with one attached hydrogen (secondary N) is 1. The van der Waals surface area contributed by atoms with Crippen molar-refractivity contribution in [1.82, 2.24) is 15.5 Å². The summed E-state index contributed by atoms with van der Waals surface area (Å²) in [5.74, 6) is -0.656. The number of halogens is 1. The van der Waals surface area contributed by atoms with E-state index < -0.39 is 10.7 Å². The minimum absolute atomic E-state index is 0.290. The van der Waals surface area contributed by atoms with E-state index in [4.69, 9.17) is 0 Å². The first kappa shape index (κ1) is 13.5. The molecule has 0 saturated heterocycles. The summed E-state index contributed by atoms with van der Waals surface area (Å²) in [4.78, 5) is 10.1. The molecule has 0 aliphatic rings. The fourth-order valence-corrected chi connectivity index (χ4v) is 2.33. The molecule has 0 bridgehead atoms. The zero-order valence-electron chi connectivity index (χ0n) is 10.1. The molecule has 0 aliphatic heterocycles. The quantitative estimate of drug-likeness (QED) is 0.670. The molecule has 0 fully saturated rings. The van der Waals surface area contributed by atoms with Gasteiger partial charge in [-0.3, -0.25) is 10.1 Å². The second-order valence-corrected chi connectivity index (χ2v) is 4.87. The Balaban J connectivity index is 2.30. The van der Waals surface area contributed by atoms with E-state index in [0.29, 0.717) is 17.0 Å². The van der Waals surface area contributed by atoms with Crippen LogP contribution in [0.5, 0.6) is 0 Å². The van der Waals surface area contributed by atoms with Crippen LogP contribution in [0.15, 0.2) is 18.2 Å². The Morgan fingerprint density at radius 3 is 2.89 bits per heavy atom. The number of nitro benzene ring substituents is 1. The van der Waals surface area contributed by atoms with Gasteiger partial charge in [0.2, 0.25) is 0 Å². The van der Waals surface area contributed by atoms with Gasteiger partial charge < -0.3 is 5.32 Å². The molecule has 1 heterocycles. The number of hydrogen-bond acceptors (Lipinski definition) is 6. The summed E-state index contributed by atoms with van der Waals surface area (Å²) in [6, 6.07) is 3.40. The predicted molar refractivity (Wildman–Crippen MR) is 69.6 cm³/mol. The second-order valence-electron chi connectivity index (χ2n) is 3.81. The number of likely N-dealkylation sites (N-methyl/N-ethyl adjacent to an activating group) is 1. The van der Waals surface area contributed by atoms with Crippen LogP contribution in [0.4, 0.5) is 10.1 Å². The van der Waals surface area contributed by atoms with Crippen molar-refractivity contribution in [3.63, 3.8) is 0 Å². The van der Waals surface area contributed by atoms with Crippen molar-refractivity contribution in [2.45, 2.75) is 6.42 Å². The first-order chi connectivity index (χ1) is 9.10. The van der Waals surface area contributed by atoms with Crippen molar-refractivity contribution in [3.05, 3.63) is 39.1 Å². The average molecular weight is 282 g/mol. The summed E-state index contributed by atoms with van der Waals surface area (Å²) >= 11 is 1.30. The van der Waals surface area contributed by atoms with Crippen LogP contribution in [0.25, 0.3) is 10.6 Å². The molecule has 0 aliphatic carbocycles. The van der Waals surface area contributed by atoms with E-state index in [1.54, 1.807) is 0 Å². The molecular weight excluding hydrogens is 271 g/mol. The standard InChI is InChI=1S/C11H11FN4O2S/c1-13-3-2-10-14-15-11(19-10)7-4-8(12)6-9(5-7)16(17)18/h4-6,13H,2-3H2,1H3. The molecule has 2 rings (SSSR count). The van der Waals surface area contributed by atoms with Crippen molar-refractivity contribution in [1.29, 1.82) is 0 Å². The Hall–Kier alpha value is -1.93. The zero-order chi connectivity index (χ0) is 13.8. The molecule has 0 saturated carbocycles. The molecule has 6 nitrogen and oxygen atoms in total. The lowest BCUT2D eigenvalue weighted by Gasteiger charge is -1.97. The fraction of sp³-hybridized carbons (Fsp3) is 0.273. The van der Waals surface area contributed by atoms with E-state index in [9.17, 15) is 14.5 Å². The topological polar surface area (TPSA) is 81.0 Å². The number of aromatic nitrogens is 2. The lowest BCUT2D eigenvalue weighted by molar-refractivity contribution is -0.385. The second kappa shape index (κ2) is 5.81. The van der Waals surface area contributed by atoms with Crippen molar-refractivity contribution in [2.24, 2.45) is 0 Å². The van der Waals surface area contributed by atoms with Crippen LogP contribution in [0, 0.1) is 15.9 Å². The predicted octanol–water partition coefficient (Wildman–Crippen LogP) is 2.01. The highest BCUT2D eigenvalue weighted by molar-refractivity contribution is 7.14. The SMILES string of the molecule is CNCCc1nnc(-c2cc(F)cc([N+](=O)[O-])c2)s1. The smallest absolute Gasteiger partial charge is 0.273 e. The van der Waals surface area contributed by atoms with Crippen molar-refractivity contribution in [3.8, 4) is 10.6 Å². The first-order valence-electron chi connectivity index (χ1n) is 5.52. The minimum atomic E-state index is -0.656. The van der Waals surface area contributed by atoms with Crippen molar-refractivity contribution >= 4 is 17.0 Å². The third kappa shape index (κ3) is 3.30. The van der Waals surface area contributed by atoms with Crippen molar-refractivity contribution < 1.29 is 9.31 Å². The van der Waals surface area contributed by atoms with E-state index in [-0.39, 0.29) is 5.69 Å². The van der Waals surface area contributed by atoms with Gasteiger partial charge >= 0.3 is 0 Å². The number of non-ortho nitro benzene ring substituents is 1. The lowest BCUT2D eigenvalue weighted by Crippen LogP contribution is -2.09. The maximum atomic E-state index is 13.3. The zero-order valence-corrected chi connectivity index (χ0v) is 10.9. The lowest BCUT2D eigenvalue weighted by atomic mass is 10.2. The largest absolute Gasteiger partial charge is 0.319 e. The molecule has 0 spiro atoms. The molecule has 1 aromatic carbocycles. The molecule has 19 heavy (non-hydrogen) atoms. The van der Waals surface area contributed by atoms with Gasteiger partial charge in [-0.05, 0) is 13.1 Å². The summed E-state index contributed by atoms with van der Waals surface area (Å²) in [5, 5.41) is 22.9. The van der Waals surface area contributed by atoms with Gasteiger partial charge in [0.25, 0.3) is 5.69 Å². The molecule has 100 valence electrons. The molecule has 0 radical (unpaired) electrons. The van der Waals surface area contributed by atoms with Crippen LogP contribution in [0.2, 0.25) is 0 Å². The normalized spacial score (nSPS) is 10.6. The van der Waals surface area contributed by atoms with E-state index in [1.807, 2.05) is 7.05 Å². The molecule has 1 N–H and O–H groups in total. The third-order valence-corrected chi connectivity index (χ3v) is 3.43. The van der Waals surface area contributed by atoms with Gasteiger partial charge in [-0.2, -0.15) is 0 Å². The highest BCUT2D eigenvalue weighted by atomic mass is 32.1. The Morgan fingerprint density at radius 1 is 1.42 bits per heavy atom. The van der Waals surface area contributed by atoms with E-state index in [0.717, 1.165) is 17.6 Å². The van der Waals surface area contributed by atoms with E-state index >= 15 is 0 Å². The Bertz CT molecular complexity index is 602. The number of nitro groups is 1. The molecular formula is C11H11FN4O2S. The highest BCUT2D eigenvalue weighted by Gasteiger charge is 2.14. The van der Waals surface area contributed by atoms with Gasteiger partial charge in [-0.15, -0.1) is 10.2 Å². The number of rotatable bonds is 5. The molecule has 1 aromatic heterocycles. The monoisotopic (exact) mass is 282 g/mol. The van der Waals surface area contributed by atoms with E-state index in [1.165, 1.54) is 23.5 Å². The summed E-state index contributed by atoms with van der Waals surface area (Å²) in [6.07, 6.45) is 0.714. The van der Waals surface area contributed by atoms with Crippen LogP contribution in [-0.2, 0) is 6.42 Å². The summed E-state index contributed by atoms with van der Waals surface area (Å²) < 4.78 is 13.3. The van der Waals surface area contributed by atoms with Gasteiger partial charge in [0, 0.05) is 24.6 Å². The average Bonchev–Trinajstić information content (AvgIpc) is 2.84.